The first-order valence-corrected chi connectivity index (χ1v) is 16.4. The van der Waals surface area contributed by atoms with Gasteiger partial charge in [-0.25, -0.2) is 9.18 Å². The maximum absolute atomic E-state index is 13.6. The zero-order valence-corrected chi connectivity index (χ0v) is 25.5. The highest BCUT2D eigenvalue weighted by atomic mass is 19.1. The molecule has 1 fully saturated rings. The second kappa shape index (κ2) is 14.5. The molecule has 0 radical (unpaired) electrons. The molecule has 1 saturated heterocycles. The number of carbonyl (C=O) groups excluding carboxylic acids is 2. The van der Waals surface area contributed by atoms with Crippen LogP contribution < -0.4 is 9.80 Å². The Morgan fingerprint density at radius 1 is 0.929 bits per heavy atom. The Balaban J connectivity index is 1.21. The number of unbranched alkanes of at least 4 members (excludes halogenated alkanes) is 4. The SMILES string of the molecule is CCCCCC(CCCCC)OC(=O)N1CCN2c3c(cccc31)[C@@H]1CN(CCCC(=O)c3ccc(F)cc3)CC[C@@H]12. The van der Waals surface area contributed by atoms with Crippen molar-refractivity contribution in [2.75, 3.05) is 42.5 Å². The van der Waals surface area contributed by atoms with Crippen molar-refractivity contribution in [1.82, 2.24) is 4.90 Å². The third kappa shape index (κ3) is 6.99. The summed E-state index contributed by atoms with van der Waals surface area (Å²) in [4.78, 5) is 33.1. The van der Waals surface area contributed by atoms with Gasteiger partial charge in [-0.3, -0.25) is 9.69 Å². The Kier molecular flexibility index (Phi) is 10.5. The molecule has 3 aliphatic heterocycles. The normalized spacial score (nSPS) is 19.6. The van der Waals surface area contributed by atoms with Crippen LogP contribution in [-0.2, 0) is 4.74 Å². The molecule has 2 atom stereocenters. The number of carbonyl (C=O) groups is 2. The lowest BCUT2D eigenvalue weighted by Crippen LogP contribution is -2.51. The number of benzene rings is 2. The first-order chi connectivity index (χ1) is 20.5. The van der Waals surface area contributed by atoms with Crippen molar-refractivity contribution in [1.29, 1.82) is 0 Å². The summed E-state index contributed by atoms with van der Waals surface area (Å²) in [5.74, 6) is 0.150. The Labute approximate surface area is 251 Å². The van der Waals surface area contributed by atoms with Gasteiger partial charge >= 0.3 is 6.09 Å². The van der Waals surface area contributed by atoms with E-state index in [2.05, 4.69) is 41.8 Å². The Morgan fingerprint density at radius 2 is 1.67 bits per heavy atom. The first-order valence-electron chi connectivity index (χ1n) is 16.4. The van der Waals surface area contributed by atoms with E-state index < -0.39 is 0 Å². The highest BCUT2D eigenvalue weighted by Gasteiger charge is 2.45. The lowest BCUT2D eigenvalue weighted by atomic mass is 9.89. The van der Waals surface area contributed by atoms with E-state index in [0.717, 1.165) is 70.4 Å². The fourth-order valence-corrected chi connectivity index (χ4v) is 7.18. The largest absolute Gasteiger partial charge is 0.446 e. The van der Waals surface area contributed by atoms with Crippen LogP contribution >= 0.6 is 0 Å². The molecule has 0 aromatic heterocycles. The van der Waals surface area contributed by atoms with E-state index in [-0.39, 0.29) is 23.8 Å². The molecule has 2 aromatic rings. The Morgan fingerprint density at radius 3 is 2.38 bits per heavy atom. The van der Waals surface area contributed by atoms with Gasteiger partial charge in [0.05, 0.1) is 11.4 Å². The van der Waals surface area contributed by atoms with Crippen LogP contribution in [0.4, 0.5) is 20.6 Å². The number of rotatable bonds is 14. The number of Topliss-reactive ketones (excluding diaryl/α,β-unsaturated/α-hetero) is 1. The van der Waals surface area contributed by atoms with Gasteiger partial charge in [0.2, 0.25) is 0 Å². The molecule has 0 saturated carbocycles. The number of piperidine rings is 1. The molecule has 7 heteroatoms. The van der Waals surface area contributed by atoms with Crippen LogP contribution in [0.2, 0.25) is 0 Å². The highest BCUT2D eigenvalue weighted by Crippen LogP contribution is 2.50. The maximum Gasteiger partial charge on any atom is 0.414 e. The Hall–Kier alpha value is -2.93. The molecular weight excluding hydrogens is 529 g/mol. The molecule has 0 unspecified atom stereocenters. The van der Waals surface area contributed by atoms with Crippen molar-refractivity contribution >= 4 is 23.3 Å². The fourth-order valence-electron chi connectivity index (χ4n) is 7.18. The monoisotopic (exact) mass is 577 g/mol. The van der Waals surface area contributed by atoms with Gasteiger partial charge in [-0.2, -0.15) is 0 Å². The van der Waals surface area contributed by atoms with E-state index in [1.54, 1.807) is 12.1 Å². The molecule has 42 heavy (non-hydrogen) atoms. The van der Waals surface area contributed by atoms with E-state index in [9.17, 15) is 14.0 Å². The lowest BCUT2D eigenvalue weighted by molar-refractivity contribution is 0.0900. The molecular formula is C35H48FN3O3. The zero-order chi connectivity index (χ0) is 29.5. The number of anilines is 2. The fraction of sp³-hybridized carbons (Fsp3) is 0.600. The van der Waals surface area contributed by atoms with E-state index >= 15 is 0 Å². The minimum absolute atomic E-state index is 0.00327. The van der Waals surface area contributed by atoms with E-state index in [1.165, 1.54) is 49.1 Å². The second-order valence-corrected chi connectivity index (χ2v) is 12.4. The summed E-state index contributed by atoms with van der Waals surface area (Å²) in [5, 5.41) is 0. The summed E-state index contributed by atoms with van der Waals surface area (Å²) in [6.07, 6.45) is 10.9. The number of nitrogens with zero attached hydrogens (tertiary/aromatic N) is 3. The summed E-state index contributed by atoms with van der Waals surface area (Å²) in [5.41, 5.74) is 4.13. The molecule has 6 nitrogen and oxygen atoms in total. The lowest BCUT2D eigenvalue weighted by Gasteiger charge is -2.41. The number of likely N-dealkylation sites (tertiary alicyclic amines) is 1. The van der Waals surface area contributed by atoms with Gasteiger partial charge in [0.15, 0.2) is 5.78 Å². The molecule has 228 valence electrons. The average molecular weight is 578 g/mol. The number of hydrogen-bond acceptors (Lipinski definition) is 5. The number of fused-ring (bicyclic) bond motifs is 3. The third-order valence-electron chi connectivity index (χ3n) is 9.44. The first kappa shape index (κ1) is 30.5. The van der Waals surface area contributed by atoms with Crippen LogP contribution in [-0.4, -0.2) is 61.6 Å². The second-order valence-electron chi connectivity index (χ2n) is 12.4. The Bertz CT molecular complexity index is 1190. The number of ether oxygens (including phenoxy) is 1. The predicted octanol–water partition coefficient (Wildman–Crippen LogP) is 7.95. The average Bonchev–Trinajstić information content (AvgIpc) is 3.32. The van der Waals surface area contributed by atoms with Crippen LogP contribution in [0, 0.1) is 5.82 Å². The standard InChI is InChI=1S/C35H48FN3O3/c1-3-5-7-11-28(12-8-6-4-2)42-35(41)39-24-23-38-31-20-22-37(25-30(31)29-13-9-14-32(39)34(29)38)21-10-15-33(40)26-16-18-27(36)19-17-26/h9,13-14,16-19,28,30-31H,3-8,10-12,15,20-25H2,1-2H3/t30-,31-/m0/s1. The van der Waals surface area contributed by atoms with Crippen LogP contribution in [0.5, 0.6) is 0 Å². The van der Waals surface area contributed by atoms with E-state index in [4.69, 9.17) is 4.74 Å². The number of halogens is 1. The predicted molar refractivity (Wildman–Crippen MR) is 167 cm³/mol. The number of hydrogen-bond donors (Lipinski definition) is 0. The number of para-hydroxylation sites is 1. The van der Waals surface area contributed by atoms with Crippen LogP contribution in [0.15, 0.2) is 42.5 Å². The molecule has 0 spiro atoms. The van der Waals surface area contributed by atoms with E-state index in [1.807, 2.05) is 4.90 Å². The summed E-state index contributed by atoms with van der Waals surface area (Å²) >= 11 is 0. The smallest absolute Gasteiger partial charge is 0.414 e. The number of amides is 1. The van der Waals surface area contributed by atoms with Gasteiger partial charge in [0.1, 0.15) is 11.9 Å². The summed E-state index contributed by atoms with van der Waals surface area (Å²) < 4.78 is 19.4. The molecule has 5 rings (SSSR count). The van der Waals surface area contributed by atoms with Gasteiger partial charge in [-0.1, -0.05) is 51.7 Å². The van der Waals surface area contributed by atoms with Gasteiger partial charge in [-0.05, 0) is 81.0 Å². The summed E-state index contributed by atoms with van der Waals surface area (Å²) in [6.45, 7) is 8.76. The highest BCUT2D eigenvalue weighted by molar-refractivity contribution is 5.96. The maximum atomic E-state index is 13.6. The van der Waals surface area contributed by atoms with Gasteiger partial charge in [0.25, 0.3) is 0 Å². The molecule has 0 bridgehead atoms. The minimum Gasteiger partial charge on any atom is -0.446 e. The molecule has 1 amide bonds. The molecule has 3 heterocycles. The van der Waals surface area contributed by atoms with Gasteiger partial charge < -0.3 is 14.5 Å². The molecule has 0 aliphatic carbocycles. The summed E-state index contributed by atoms with van der Waals surface area (Å²) in [6, 6.07) is 12.7. The van der Waals surface area contributed by atoms with Crippen LogP contribution in [0.25, 0.3) is 0 Å². The molecule has 0 N–H and O–H groups in total. The van der Waals surface area contributed by atoms with Crippen molar-refractivity contribution in [2.24, 2.45) is 0 Å². The van der Waals surface area contributed by atoms with Crippen molar-refractivity contribution in [3.63, 3.8) is 0 Å². The minimum atomic E-state index is -0.318. The van der Waals surface area contributed by atoms with Crippen molar-refractivity contribution in [2.45, 2.75) is 103 Å². The molecule has 3 aliphatic rings. The van der Waals surface area contributed by atoms with Crippen LogP contribution in [0.3, 0.4) is 0 Å². The van der Waals surface area contributed by atoms with Gasteiger partial charge in [-0.15, -0.1) is 0 Å². The van der Waals surface area contributed by atoms with Crippen molar-refractivity contribution < 1.29 is 18.7 Å². The summed E-state index contributed by atoms with van der Waals surface area (Å²) in [7, 11) is 0. The quantitative estimate of drug-likeness (QED) is 0.168. The van der Waals surface area contributed by atoms with Crippen molar-refractivity contribution in [3.8, 4) is 0 Å². The van der Waals surface area contributed by atoms with Crippen LogP contribution in [0.1, 0.15) is 106 Å². The zero-order valence-electron chi connectivity index (χ0n) is 25.5. The van der Waals surface area contributed by atoms with Gasteiger partial charge in [0, 0.05) is 50.1 Å². The number of ketones is 1. The van der Waals surface area contributed by atoms with E-state index in [0.29, 0.717) is 30.5 Å². The molecule has 2 aromatic carbocycles. The topological polar surface area (TPSA) is 53.1 Å². The third-order valence-corrected chi connectivity index (χ3v) is 9.44. The van der Waals surface area contributed by atoms with Crippen molar-refractivity contribution in [3.05, 3.63) is 59.4 Å².